The molecule has 0 saturated heterocycles. The van der Waals surface area contributed by atoms with Crippen molar-refractivity contribution in [1.29, 1.82) is 0 Å². The van der Waals surface area contributed by atoms with Gasteiger partial charge in [-0.05, 0) is 37.0 Å². The Morgan fingerprint density at radius 1 is 1.36 bits per heavy atom. The quantitative estimate of drug-likeness (QED) is 0.744. The molecule has 0 N–H and O–H groups in total. The molecule has 0 aromatic heterocycles. The minimum Gasteiger partial charge on any atom is -0.300 e. The molecule has 0 aliphatic heterocycles. The molecule has 14 heavy (non-hydrogen) atoms. The van der Waals surface area contributed by atoms with E-state index in [2.05, 4.69) is 6.92 Å². The Kier molecular flexibility index (Phi) is 4.15. The summed E-state index contributed by atoms with van der Waals surface area (Å²) in [6, 6.07) is 7.80. The molecule has 1 atom stereocenters. The molecular weight excluding hydrogens is 196 g/mol. The minimum atomic E-state index is 0.256. The van der Waals surface area contributed by atoms with Gasteiger partial charge in [0.05, 0.1) is 0 Å². The SMILES string of the molecule is CC(=O)CC(C)Cc1ccc(Cl)cc1. The Bertz CT molecular complexity index is 303. The van der Waals surface area contributed by atoms with E-state index in [4.69, 9.17) is 11.6 Å². The van der Waals surface area contributed by atoms with Crippen molar-refractivity contribution in [1.82, 2.24) is 0 Å². The third-order valence-electron chi connectivity index (χ3n) is 2.13. The van der Waals surface area contributed by atoms with Crippen LogP contribution in [0.2, 0.25) is 5.02 Å². The fourth-order valence-electron chi connectivity index (χ4n) is 1.59. The van der Waals surface area contributed by atoms with Crippen molar-refractivity contribution in [3.63, 3.8) is 0 Å². The third-order valence-corrected chi connectivity index (χ3v) is 2.39. The summed E-state index contributed by atoms with van der Waals surface area (Å²) in [5, 5.41) is 0.757. The van der Waals surface area contributed by atoms with Crippen LogP contribution >= 0.6 is 11.6 Å². The molecule has 1 unspecified atom stereocenters. The van der Waals surface area contributed by atoms with Gasteiger partial charge < -0.3 is 4.79 Å². The number of halogens is 1. The van der Waals surface area contributed by atoms with Crippen LogP contribution in [0, 0.1) is 5.92 Å². The van der Waals surface area contributed by atoms with Gasteiger partial charge in [0.2, 0.25) is 0 Å². The van der Waals surface area contributed by atoms with Crippen LogP contribution in [0.15, 0.2) is 24.3 Å². The highest BCUT2D eigenvalue weighted by Gasteiger charge is 2.06. The van der Waals surface area contributed by atoms with Gasteiger partial charge in [0, 0.05) is 11.4 Å². The zero-order chi connectivity index (χ0) is 10.6. The third kappa shape index (κ3) is 3.93. The van der Waals surface area contributed by atoms with Crippen molar-refractivity contribution in [2.24, 2.45) is 5.92 Å². The normalized spacial score (nSPS) is 12.5. The molecular formula is C12H15ClO. The lowest BCUT2D eigenvalue weighted by Crippen LogP contribution is -2.04. The van der Waals surface area contributed by atoms with E-state index >= 15 is 0 Å². The first-order valence-electron chi connectivity index (χ1n) is 4.82. The van der Waals surface area contributed by atoms with E-state index in [1.165, 1.54) is 5.56 Å². The maximum atomic E-state index is 10.9. The summed E-state index contributed by atoms with van der Waals surface area (Å²) in [5.74, 6) is 0.667. The van der Waals surface area contributed by atoms with Crippen molar-refractivity contribution in [2.45, 2.75) is 26.7 Å². The first-order chi connectivity index (χ1) is 6.58. The van der Waals surface area contributed by atoms with Crippen molar-refractivity contribution in [2.75, 3.05) is 0 Å². The summed E-state index contributed by atoms with van der Waals surface area (Å²) in [4.78, 5) is 10.9. The number of hydrogen-bond donors (Lipinski definition) is 0. The van der Waals surface area contributed by atoms with E-state index < -0.39 is 0 Å². The van der Waals surface area contributed by atoms with Crippen molar-refractivity contribution < 1.29 is 4.79 Å². The van der Waals surface area contributed by atoms with Crippen LogP contribution in [-0.2, 0) is 11.2 Å². The molecule has 1 nitrogen and oxygen atoms in total. The minimum absolute atomic E-state index is 0.256. The second-order valence-electron chi connectivity index (χ2n) is 3.84. The molecule has 0 amide bonds. The van der Waals surface area contributed by atoms with Crippen LogP contribution in [0.1, 0.15) is 25.8 Å². The highest BCUT2D eigenvalue weighted by atomic mass is 35.5. The lowest BCUT2D eigenvalue weighted by molar-refractivity contribution is -0.117. The number of Topliss-reactive ketones (excluding diaryl/α,β-unsaturated/α-hetero) is 1. The van der Waals surface area contributed by atoms with Crippen LogP contribution in [0.4, 0.5) is 0 Å². The summed E-state index contributed by atoms with van der Waals surface area (Å²) in [7, 11) is 0. The van der Waals surface area contributed by atoms with Crippen LogP contribution in [0.5, 0.6) is 0 Å². The van der Waals surface area contributed by atoms with E-state index in [0.29, 0.717) is 12.3 Å². The molecule has 0 radical (unpaired) electrons. The van der Waals surface area contributed by atoms with Crippen molar-refractivity contribution >= 4 is 17.4 Å². The Labute approximate surface area is 90.1 Å². The number of ketones is 1. The number of rotatable bonds is 4. The van der Waals surface area contributed by atoms with Gasteiger partial charge in [0.1, 0.15) is 5.78 Å². The number of carbonyl (C=O) groups is 1. The van der Waals surface area contributed by atoms with Crippen LogP contribution in [0.3, 0.4) is 0 Å². The van der Waals surface area contributed by atoms with Gasteiger partial charge in [-0.2, -0.15) is 0 Å². The fraction of sp³-hybridized carbons (Fsp3) is 0.417. The second-order valence-corrected chi connectivity index (χ2v) is 4.28. The van der Waals surface area contributed by atoms with Gasteiger partial charge in [-0.15, -0.1) is 0 Å². The summed E-state index contributed by atoms with van der Waals surface area (Å²) < 4.78 is 0. The summed E-state index contributed by atoms with van der Waals surface area (Å²) in [5.41, 5.74) is 1.24. The van der Waals surface area contributed by atoms with Crippen LogP contribution in [-0.4, -0.2) is 5.78 Å². The molecule has 0 saturated carbocycles. The Hall–Kier alpha value is -0.820. The largest absolute Gasteiger partial charge is 0.300 e. The molecule has 1 aromatic rings. The maximum Gasteiger partial charge on any atom is 0.130 e. The Balaban J connectivity index is 2.51. The van der Waals surface area contributed by atoms with E-state index in [1.54, 1.807) is 6.92 Å². The molecule has 0 bridgehead atoms. The summed E-state index contributed by atoms with van der Waals surface area (Å²) >= 11 is 5.78. The lowest BCUT2D eigenvalue weighted by Gasteiger charge is -2.08. The summed E-state index contributed by atoms with van der Waals surface area (Å²) in [6.45, 7) is 3.73. The average molecular weight is 211 g/mol. The molecule has 0 fully saturated rings. The molecule has 2 heteroatoms. The van der Waals surface area contributed by atoms with E-state index in [0.717, 1.165) is 11.4 Å². The van der Waals surface area contributed by atoms with Crippen molar-refractivity contribution in [3.05, 3.63) is 34.9 Å². The maximum absolute atomic E-state index is 10.9. The molecule has 0 aliphatic carbocycles. The first-order valence-corrected chi connectivity index (χ1v) is 5.19. The molecule has 0 spiro atoms. The number of carbonyl (C=O) groups excluding carboxylic acids is 1. The van der Waals surface area contributed by atoms with E-state index in [9.17, 15) is 4.79 Å². The highest BCUT2D eigenvalue weighted by Crippen LogP contribution is 2.15. The zero-order valence-corrected chi connectivity index (χ0v) is 9.34. The van der Waals surface area contributed by atoms with E-state index in [1.807, 2.05) is 24.3 Å². The fourth-order valence-corrected chi connectivity index (χ4v) is 1.71. The summed E-state index contributed by atoms with van der Waals surface area (Å²) in [6.07, 6.45) is 1.60. The van der Waals surface area contributed by atoms with E-state index in [-0.39, 0.29) is 5.78 Å². The lowest BCUT2D eigenvalue weighted by atomic mass is 9.97. The molecule has 1 rings (SSSR count). The molecule has 0 heterocycles. The first kappa shape index (κ1) is 11.3. The van der Waals surface area contributed by atoms with Gasteiger partial charge in [-0.1, -0.05) is 30.7 Å². The molecule has 0 aliphatic rings. The zero-order valence-electron chi connectivity index (χ0n) is 8.59. The Morgan fingerprint density at radius 3 is 2.43 bits per heavy atom. The number of hydrogen-bond acceptors (Lipinski definition) is 1. The molecule has 1 aromatic carbocycles. The highest BCUT2D eigenvalue weighted by molar-refractivity contribution is 6.30. The molecule has 76 valence electrons. The topological polar surface area (TPSA) is 17.1 Å². The smallest absolute Gasteiger partial charge is 0.130 e. The average Bonchev–Trinajstić information content (AvgIpc) is 2.07. The standard InChI is InChI=1S/C12H15ClO/c1-9(7-10(2)14)8-11-3-5-12(13)6-4-11/h3-6,9H,7-8H2,1-2H3. The van der Waals surface area contributed by atoms with Gasteiger partial charge in [0.15, 0.2) is 0 Å². The van der Waals surface area contributed by atoms with Crippen LogP contribution < -0.4 is 0 Å². The monoisotopic (exact) mass is 210 g/mol. The predicted molar refractivity (Wildman–Crippen MR) is 59.6 cm³/mol. The van der Waals surface area contributed by atoms with Crippen molar-refractivity contribution in [3.8, 4) is 0 Å². The number of benzene rings is 1. The van der Waals surface area contributed by atoms with Crippen LogP contribution in [0.25, 0.3) is 0 Å². The predicted octanol–water partition coefficient (Wildman–Crippen LogP) is 3.50. The second kappa shape index (κ2) is 5.16. The van der Waals surface area contributed by atoms with Gasteiger partial charge in [0.25, 0.3) is 0 Å². The van der Waals surface area contributed by atoms with Gasteiger partial charge >= 0.3 is 0 Å². The van der Waals surface area contributed by atoms with Gasteiger partial charge in [-0.25, -0.2) is 0 Å². The Morgan fingerprint density at radius 2 is 1.93 bits per heavy atom. The van der Waals surface area contributed by atoms with Gasteiger partial charge in [-0.3, -0.25) is 0 Å².